The lowest BCUT2D eigenvalue weighted by atomic mass is 9.90. The molecule has 0 aromatic rings. The first-order valence-electron chi connectivity index (χ1n) is 5.89. The van der Waals surface area contributed by atoms with Crippen molar-refractivity contribution in [2.45, 2.75) is 48.4 Å². The van der Waals surface area contributed by atoms with E-state index in [0.29, 0.717) is 0 Å². The molecule has 0 aliphatic rings. The first-order chi connectivity index (χ1) is 11.9. The summed E-state index contributed by atoms with van der Waals surface area (Å²) in [6.07, 6.45) is -17.7. The largest absolute Gasteiger partial charge is 0.453 e. The Morgan fingerprint density at radius 2 is 0.893 bits per heavy atom. The molecule has 0 aromatic carbocycles. The van der Waals surface area contributed by atoms with Crippen LogP contribution in [0, 0.1) is 0 Å². The van der Waals surface area contributed by atoms with Crippen molar-refractivity contribution in [3.05, 3.63) is 0 Å². The van der Waals surface area contributed by atoms with Crippen molar-refractivity contribution in [2.24, 2.45) is 0 Å². The van der Waals surface area contributed by atoms with Crippen LogP contribution in [0.3, 0.4) is 0 Å². The van der Waals surface area contributed by atoms with Gasteiger partial charge in [-0.1, -0.05) is 0 Å². The van der Waals surface area contributed by atoms with Crippen LogP contribution in [-0.4, -0.2) is 60.0 Å². The zero-order valence-electron chi connectivity index (χ0n) is 12.0. The average Bonchev–Trinajstić information content (AvgIpc) is 2.50. The molecule has 1 atom stereocenters. The predicted octanol–water partition coefficient (Wildman–Crippen LogP) is 4.47. The molecular weight excluding hydrogens is 456 g/mol. The van der Waals surface area contributed by atoms with Crippen molar-refractivity contribution in [3.63, 3.8) is 0 Å². The molecule has 1 unspecified atom stereocenters. The Morgan fingerprint density at radius 1 is 0.536 bits per heavy atom. The van der Waals surface area contributed by atoms with Gasteiger partial charge in [0.1, 0.15) is 0 Å². The van der Waals surface area contributed by atoms with Gasteiger partial charge in [0.05, 0.1) is 0 Å². The summed E-state index contributed by atoms with van der Waals surface area (Å²) in [5.41, 5.74) is 0. The first-order valence-corrected chi connectivity index (χ1v) is 5.89. The van der Waals surface area contributed by atoms with Crippen molar-refractivity contribution in [3.8, 4) is 0 Å². The van der Waals surface area contributed by atoms with E-state index >= 15 is 0 Å². The summed E-state index contributed by atoms with van der Waals surface area (Å²) in [4.78, 5) is 20.8. The normalized spacial score (nSPS) is 16.3. The molecule has 18 heteroatoms. The van der Waals surface area contributed by atoms with E-state index in [4.69, 9.17) is 0 Å². The number of hydrogen-bond acceptors (Lipinski definition) is 2. The molecule has 0 saturated heterocycles. The summed E-state index contributed by atoms with van der Waals surface area (Å²) in [5.74, 6) is -48.3. The highest BCUT2D eigenvalue weighted by molar-refractivity contribution is 6.10. The van der Waals surface area contributed by atoms with E-state index in [1.807, 2.05) is 0 Å². The SMILES string of the molecule is O=C(C(F)C(=O)C(F)(F)C(F)(F)C(F)(F)C(F)(F)C(F)(F)C(F)F)C(F)(F)F. The minimum atomic E-state index is -8.25. The fourth-order valence-electron chi connectivity index (χ4n) is 1.32. The minimum absolute atomic E-state index is 4.15. The van der Waals surface area contributed by atoms with Gasteiger partial charge in [0, 0.05) is 0 Å². The maximum absolute atomic E-state index is 13.1. The van der Waals surface area contributed by atoms with Gasteiger partial charge in [-0.05, 0) is 0 Å². The van der Waals surface area contributed by atoms with E-state index in [9.17, 15) is 79.8 Å². The minimum Gasteiger partial charge on any atom is -0.289 e. The number of ketones is 2. The maximum Gasteiger partial charge on any atom is 0.453 e. The predicted molar refractivity (Wildman–Crippen MR) is 51.7 cm³/mol. The Bertz CT molecular complexity index is 617. The topological polar surface area (TPSA) is 34.1 Å². The zero-order valence-corrected chi connectivity index (χ0v) is 12.0. The second-order valence-corrected chi connectivity index (χ2v) is 4.81. The van der Waals surface area contributed by atoms with Crippen LogP contribution in [-0.2, 0) is 9.59 Å². The number of Topliss-reactive ketones (excluding diaryl/α,β-unsaturated/α-hetero) is 2. The fourth-order valence-corrected chi connectivity index (χ4v) is 1.32. The molecule has 0 amide bonds. The van der Waals surface area contributed by atoms with Crippen molar-refractivity contribution in [2.75, 3.05) is 0 Å². The molecule has 0 rings (SSSR count). The molecule has 0 N–H and O–H groups in total. The molecular formula is C10H2F16O2. The molecule has 0 heterocycles. The second-order valence-electron chi connectivity index (χ2n) is 4.81. The van der Waals surface area contributed by atoms with Crippen LogP contribution in [0.5, 0.6) is 0 Å². The van der Waals surface area contributed by atoms with E-state index in [1.165, 1.54) is 0 Å². The van der Waals surface area contributed by atoms with Crippen LogP contribution in [0.4, 0.5) is 70.2 Å². The van der Waals surface area contributed by atoms with Gasteiger partial charge in [0.25, 0.3) is 5.78 Å². The van der Waals surface area contributed by atoms with Crippen molar-refractivity contribution in [1.82, 2.24) is 0 Å². The van der Waals surface area contributed by atoms with Crippen molar-refractivity contribution >= 4 is 11.6 Å². The molecule has 2 nitrogen and oxygen atoms in total. The Hall–Kier alpha value is -1.78. The van der Waals surface area contributed by atoms with Gasteiger partial charge < -0.3 is 0 Å². The number of halogens is 16. The molecule has 0 fully saturated rings. The summed E-state index contributed by atoms with van der Waals surface area (Å²) < 4.78 is 201. The molecule has 0 radical (unpaired) electrons. The lowest BCUT2D eigenvalue weighted by Gasteiger charge is -2.38. The van der Waals surface area contributed by atoms with Gasteiger partial charge in [-0.25, -0.2) is 13.2 Å². The Morgan fingerprint density at radius 3 is 1.18 bits per heavy atom. The molecule has 28 heavy (non-hydrogen) atoms. The van der Waals surface area contributed by atoms with Gasteiger partial charge >= 0.3 is 42.2 Å². The van der Waals surface area contributed by atoms with Crippen LogP contribution >= 0.6 is 0 Å². The molecule has 0 aromatic heterocycles. The van der Waals surface area contributed by atoms with Crippen LogP contribution in [0.1, 0.15) is 0 Å². The van der Waals surface area contributed by atoms with Gasteiger partial charge in [-0.15, -0.1) is 0 Å². The van der Waals surface area contributed by atoms with Gasteiger partial charge in [0.2, 0.25) is 12.0 Å². The van der Waals surface area contributed by atoms with E-state index in [2.05, 4.69) is 0 Å². The second kappa shape index (κ2) is 6.93. The number of carbonyl (C=O) groups is 2. The van der Waals surface area contributed by atoms with Crippen LogP contribution < -0.4 is 0 Å². The fraction of sp³-hybridized carbons (Fsp3) is 0.800. The summed E-state index contributed by atoms with van der Waals surface area (Å²) in [5, 5.41) is 0. The molecule has 0 bridgehead atoms. The molecule has 0 aliphatic heterocycles. The first kappa shape index (κ1) is 26.2. The van der Waals surface area contributed by atoms with Gasteiger partial charge in [-0.2, -0.15) is 57.1 Å². The van der Waals surface area contributed by atoms with Crippen LogP contribution in [0.25, 0.3) is 0 Å². The quantitative estimate of drug-likeness (QED) is 0.398. The third kappa shape index (κ3) is 3.60. The lowest BCUT2D eigenvalue weighted by molar-refractivity contribution is -0.407. The number of carbonyl (C=O) groups excluding carboxylic acids is 2. The summed E-state index contributed by atoms with van der Waals surface area (Å²) >= 11 is 0. The summed E-state index contributed by atoms with van der Waals surface area (Å²) in [6.45, 7) is 0. The van der Waals surface area contributed by atoms with Crippen LogP contribution in [0.15, 0.2) is 0 Å². The summed E-state index contributed by atoms with van der Waals surface area (Å²) in [7, 11) is 0. The van der Waals surface area contributed by atoms with E-state index in [0.717, 1.165) is 0 Å². The third-order valence-corrected chi connectivity index (χ3v) is 2.92. The molecule has 0 saturated carbocycles. The highest BCUT2D eigenvalue weighted by Crippen LogP contribution is 2.58. The van der Waals surface area contributed by atoms with E-state index in [-0.39, 0.29) is 0 Å². The smallest absolute Gasteiger partial charge is 0.289 e. The van der Waals surface area contributed by atoms with Gasteiger partial charge in [0.15, 0.2) is 0 Å². The van der Waals surface area contributed by atoms with Crippen LogP contribution in [0.2, 0.25) is 0 Å². The summed E-state index contributed by atoms with van der Waals surface area (Å²) in [6, 6.07) is 0. The zero-order chi connectivity index (χ0) is 23.3. The van der Waals surface area contributed by atoms with E-state index in [1.54, 1.807) is 0 Å². The molecule has 0 aliphatic carbocycles. The highest BCUT2D eigenvalue weighted by atomic mass is 19.4. The van der Waals surface area contributed by atoms with Gasteiger partial charge in [-0.3, -0.25) is 9.59 Å². The highest BCUT2D eigenvalue weighted by Gasteiger charge is 2.89. The molecule has 0 spiro atoms. The number of alkyl halides is 16. The van der Waals surface area contributed by atoms with E-state index < -0.39 is 60.0 Å². The average molecular weight is 458 g/mol. The Kier molecular flexibility index (Phi) is 6.48. The maximum atomic E-state index is 13.1. The number of hydrogen-bond donors (Lipinski definition) is 0. The standard InChI is InChI=1S/C10H2F16O2/c11-1(3(28)7(18,19)20)2(27)5(14,15)8(21,22)10(25,26)9(23,24)6(16,17)4(12)13/h1,4H. The monoisotopic (exact) mass is 458 g/mol. The van der Waals surface area contributed by atoms with Crippen molar-refractivity contribution in [1.29, 1.82) is 0 Å². The third-order valence-electron chi connectivity index (χ3n) is 2.92. The lowest BCUT2D eigenvalue weighted by Crippen LogP contribution is -2.70. The Balaban J connectivity index is 6.34. The Labute approximate surface area is 141 Å². The number of rotatable bonds is 8. The van der Waals surface area contributed by atoms with Crippen molar-refractivity contribution < 1.29 is 79.8 Å². The molecule has 166 valence electrons.